The number of ether oxygens (including phenoxy) is 1. The van der Waals surface area contributed by atoms with Crippen LogP contribution >= 0.6 is 0 Å². The van der Waals surface area contributed by atoms with Crippen LogP contribution in [0.5, 0.6) is 5.75 Å². The molecule has 2 heterocycles. The van der Waals surface area contributed by atoms with E-state index in [1.807, 2.05) is 35.2 Å². The van der Waals surface area contributed by atoms with E-state index in [-0.39, 0.29) is 5.91 Å². The Kier molecular flexibility index (Phi) is 4.86. The third kappa shape index (κ3) is 3.86. The smallest absolute Gasteiger partial charge is 0.227 e. The summed E-state index contributed by atoms with van der Waals surface area (Å²) in [5.74, 6) is 1.29. The molecule has 1 fully saturated rings. The Morgan fingerprint density at radius 3 is 2.83 bits per heavy atom. The maximum Gasteiger partial charge on any atom is 0.227 e. The van der Waals surface area contributed by atoms with E-state index in [2.05, 4.69) is 9.97 Å². The molecule has 23 heavy (non-hydrogen) atoms. The fraction of sp³-hybridized carbons (Fsp3) is 0.389. The topological polar surface area (TPSA) is 55.3 Å². The first kappa shape index (κ1) is 15.5. The zero-order valence-electron chi connectivity index (χ0n) is 13.3. The molecular formula is C18H21N3O2. The summed E-state index contributed by atoms with van der Waals surface area (Å²) in [5, 5.41) is 0. The van der Waals surface area contributed by atoms with Gasteiger partial charge in [-0.05, 0) is 36.6 Å². The number of rotatable bonds is 4. The van der Waals surface area contributed by atoms with Gasteiger partial charge in [-0.15, -0.1) is 0 Å². The van der Waals surface area contributed by atoms with Crippen molar-refractivity contribution in [3.8, 4) is 5.75 Å². The number of carbonyl (C=O) groups is 1. The van der Waals surface area contributed by atoms with Crippen LogP contribution in [0.4, 0.5) is 0 Å². The fourth-order valence-electron chi connectivity index (χ4n) is 3.02. The van der Waals surface area contributed by atoms with Crippen LogP contribution in [0, 0.1) is 0 Å². The molecule has 2 aromatic rings. The quantitative estimate of drug-likeness (QED) is 0.870. The molecule has 0 bridgehead atoms. The van der Waals surface area contributed by atoms with Crippen LogP contribution in [0.3, 0.4) is 0 Å². The maximum absolute atomic E-state index is 12.6. The Morgan fingerprint density at radius 2 is 2.13 bits per heavy atom. The molecule has 0 radical (unpaired) electrons. The van der Waals surface area contributed by atoms with Gasteiger partial charge >= 0.3 is 0 Å². The van der Waals surface area contributed by atoms with Gasteiger partial charge in [-0.2, -0.15) is 0 Å². The van der Waals surface area contributed by atoms with E-state index in [4.69, 9.17) is 4.74 Å². The molecule has 1 saturated heterocycles. The Hall–Kier alpha value is -2.43. The van der Waals surface area contributed by atoms with Gasteiger partial charge in [-0.3, -0.25) is 4.79 Å². The van der Waals surface area contributed by atoms with Gasteiger partial charge in [-0.1, -0.05) is 12.1 Å². The molecule has 0 aliphatic carbocycles. The van der Waals surface area contributed by atoms with Crippen molar-refractivity contribution in [2.24, 2.45) is 0 Å². The second-order valence-electron chi connectivity index (χ2n) is 5.84. The van der Waals surface area contributed by atoms with Gasteiger partial charge in [0.05, 0.1) is 13.5 Å². The number of amides is 1. The van der Waals surface area contributed by atoms with Crippen molar-refractivity contribution >= 4 is 5.91 Å². The third-order valence-electron chi connectivity index (χ3n) is 4.31. The van der Waals surface area contributed by atoms with Crippen molar-refractivity contribution in [3.05, 3.63) is 54.1 Å². The monoisotopic (exact) mass is 311 g/mol. The van der Waals surface area contributed by atoms with Crippen LogP contribution in [-0.2, 0) is 11.2 Å². The van der Waals surface area contributed by atoms with Gasteiger partial charge in [0, 0.05) is 30.9 Å². The minimum atomic E-state index is 0.175. The predicted molar refractivity (Wildman–Crippen MR) is 87.3 cm³/mol. The molecule has 0 unspecified atom stereocenters. The summed E-state index contributed by atoms with van der Waals surface area (Å²) in [7, 11) is 1.64. The first-order valence-corrected chi connectivity index (χ1v) is 7.93. The fourth-order valence-corrected chi connectivity index (χ4v) is 3.02. The van der Waals surface area contributed by atoms with Crippen LogP contribution in [0.1, 0.15) is 30.0 Å². The van der Waals surface area contributed by atoms with Crippen molar-refractivity contribution in [1.82, 2.24) is 14.9 Å². The summed E-state index contributed by atoms with van der Waals surface area (Å²) in [5.41, 5.74) is 2.04. The first-order chi connectivity index (χ1) is 11.3. The van der Waals surface area contributed by atoms with Crippen LogP contribution in [0.2, 0.25) is 0 Å². The Morgan fingerprint density at radius 1 is 1.30 bits per heavy atom. The Balaban J connectivity index is 1.62. The number of nitrogens with zero attached hydrogens (tertiary/aromatic N) is 3. The standard InChI is InChI=1S/C18H21N3O2/c1-23-16-6-4-14(5-7-16)11-18(22)21-10-2-3-15(12-21)17-8-9-19-13-20-17/h4-9,13,15H,2-3,10-12H2,1H3/t15-/m0/s1. The Labute approximate surface area is 136 Å². The molecule has 5 heteroatoms. The number of aromatic nitrogens is 2. The van der Waals surface area contributed by atoms with E-state index in [0.717, 1.165) is 42.9 Å². The van der Waals surface area contributed by atoms with Crippen molar-refractivity contribution in [1.29, 1.82) is 0 Å². The van der Waals surface area contributed by atoms with Crippen LogP contribution in [-0.4, -0.2) is 41.0 Å². The van der Waals surface area contributed by atoms with E-state index in [1.54, 1.807) is 19.6 Å². The SMILES string of the molecule is COc1ccc(CC(=O)N2CCC[C@H](c3ccncn3)C2)cc1. The molecule has 1 aliphatic rings. The number of methoxy groups -OCH3 is 1. The molecule has 0 spiro atoms. The van der Waals surface area contributed by atoms with Crippen molar-refractivity contribution in [2.75, 3.05) is 20.2 Å². The van der Waals surface area contributed by atoms with E-state index in [9.17, 15) is 4.79 Å². The van der Waals surface area contributed by atoms with Crippen molar-refractivity contribution < 1.29 is 9.53 Å². The van der Waals surface area contributed by atoms with Gasteiger partial charge in [-0.25, -0.2) is 9.97 Å². The third-order valence-corrected chi connectivity index (χ3v) is 4.31. The lowest BCUT2D eigenvalue weighted by molar-refractivity contribution is -0.131. The maximum atomic E-state index is 12.6. The predicted octanol–water partition coefficient (Wildman–Crippen LogP) is 2.43. The minimum absolute atomic E-state index is 0.175. The van der Waals surface area contributed by atoms with Crippen LogP contribution in [0.15, 0.2) is 42.9 Å². The number of carbonyl (C=O) groups excluding carboxylic acids is 1. The van der Waals surface area contributed by atoms with E-state index in [0.29, 0.717) is 12.3 Å². The molecule has 1 aromatic carbocycles. The van der Waals surface area contributed by atoms with E-state index < -0.39 is 0 Å². The van der Waals surface area contributed by atoms with E-state index >= 15 is 0 Å². The molecule has 0 saturated carbocycles. The number of hydrogen-bond acceptors (Lipinski definition) is 4. The van der Waals surface area contributed by atoms with Gasteiger partial charge in [0.1, 0.15) is 12.1 Å². The molecule has 3 rings (SSSR count). The summed E-state index contributed by atoms with van der Waals surface area (Å²) < 4.78 is 5.15. The highest BCUT2D eigenvalue weighted by atomic mass is 16.5. The molecule has 1 aromatic heterocycles. The normalized spacial score (nSPS) is 17.8. The van der Waals surface area contributed by atoms with Gasteiger partial charge in [0.25, 0.3) is 0 Å². The number of benzene rings is 1. The largest absolute Gasteiger partial charge is 0.497 e. The number of piperidine rings is 1. The summed E-state index contributed by atoms with van der Waals surface area (Å²) in [4.78, 5) is 22.8. The summed E-state index contributed by atoms with van der Waals surface area (Å²) in [6.07, 6.45) is 5.86. The summed E-state index contributed by atoms with van der Waals surface area (Å²) in [6.45, 7) is 1.57. The van der Waals surface area contributed by atoms with Crippen molar-refractivity contribution in [3.63, 3.8) is 0 Å². The molecular weight excluding hydrogens is 290 g/mol. The lowest BCUT2D eigenvalue weighted by Crippen LogP contribution is -2.40. The molecule has 1 aliphatic heterocycles. The molecule has 120 valence electrons. The van der Waals surface area contributed by atoms with Gasteiger partial charge in [0.15, 0.2) is 0 Å². The molecule has 0 N–H and O–H groups in total. The summed E-state index contributed by atoms with van der Waals surface area (Å²) >= 11 is 0. The van der Waals surface area contributed by atoms with Crippen LogP contribution in [0.25, 0.3) is 0 Å². The van der Waals surface area contributed by atoms with Crippen LogP contribution < -0.4 is 4.74 Å². The lowest BCUT2D eigenvalue weighted by Gasteiger charge is -2.32. The molecule has 1 atom stereocenters. The highest BCUT2D eigenvalue weighted by molar-refractivity contribution is 5.79. The van der Waals surface area contributed by atoms with E-state index in [1.165, 1.54) is 0 Å². The molecule has 5 nitrogen and oxygen atoms in total. The second kappa shape index (κ2) is 7.22. The number of hydrogen-bond donors (Lipinski definition) is 0. The average molecular weight is 311 g/mol. The highest BCUT2D eigenvalue weighted by Gasteiger charge is 2.25. The first-order valence-electron chi connectivity index (χ1n) is 7.93. The lowest BCUT2D eigenvalue weighted by atomic mass is 9.94. The van der Waals surface area contributed by atoms with Crippen molar-refractivity contribution in [2.45, 2.75) is 25.2 Å². The Bertz CT molecular complexity index is 643. The van der Waals surface area contributed by atoms with Gasteiger partial charge < -0.3 is 9.64 Å². The zero-order chi connectivity index (χ0) is 16.1. The summed E-state index contributed by atoms with van der Waals surface area (Å²) in [6, 6.07) is 9.62. The number of likely N-dealkylation sites (tertiary alicyclic amines) is 1. The molecule has 1 amide bonds. The average Bonchev–Trinajstić information content (AvgIpc) is 2.63. The van der Waals surface area contributed by atoms with Gasteiger partial charge in [0.2, 0.25) is 5.91 Å². The second-order valence-corrected chi connectivity index (χ2v) is 5.84. The highest BCUT2D eigenvalue weighted by Crippen LogP contribution is 2.25. The zero-order valence-corrected chi connectivity index (χ0v) is 13.3. The minimum Gasteiger partial charge on any atom is -0.497 e.